The van der Waals surface area contributed by atoms with Crippen LogP contribution in [0.1, 0.15) is 10.4 Å². The summed E-state index contributed by atoms with van der Waals surface area (Å²) in [5.74, 6) is 0.472. The minimum atomic E-state index is -0.791. The summed E-state index contributed by atoms with van der Waals surface area (Å²) in [6.45, 7) is 0. The molecule has 0 heterocycles. The number of carbonyl (C=O) groups is 2. The maximum Gasteiger partial charge on any atom is 0.269 e. The van der Waals surface area contributed by atoms with Crippen molar-refractivity contribution in [1.29, 1.82) is 0 Å². The molecule has 1 aromatic rings. The highest BCUT2D eigenvalue weighted by Crippen LogP contribution is 2.38. The van der Waals surface area contributed by atoms with Gasteiger partial charge in [0.2, 0.25) is 5.75 Å². The molecule has 1 aromatic carbocycles. The normalized spacial score (nSPS) is 9.42. The molecule has 8 heteroatoms. The number of nitrogens with one attached hydrogen (secondary N) is 2. The summed E-state index contributed by atoms with van der Waals surface area (Å²) in [5, 5.41) is -0.791. The Balaban J connectivity index is 3.08. The number of benzene rings is 1. The molecule has 2 amide bonds. The van der Waals surface area contributed by atoms with E-state index in [2.05, 4.69) is 18.1 Å². The van der Waals surface area contributed by atoms with E-state index in [0.29, 0.717) is 17.2 Å². The molecule has 0 saturated carbocycles. The third-order valence-electron chi connectivity index (χ3n) is 2.21. The van der Waals surface area contributed by atoms with Crippen molar-refractivity contribution >= 4 is 23.8 Å². The predicted octanol–water partition coefficient (Wildman–Crippen LogP) is 0.614. The van der Waals surface area contributed by atoms with Crippen LogP contribution in [-0.2, 0) is 12.6 Å². The molecule has 0 radical (unpaired) electrons. The summed E-state index contributed by atoms with van der Waals surface area (Å²) in [6.07, 6.45) is 0. The highest BCUT2D eigenvalue weighted by molar-refractivity contribution is 7.76. The smallest absolute Gasteiger partial charge is 0.269 e. The molecule has 0 spiro atoms. The molecule has 0 bridgehead atoms. The van der Waals surface area contributed by atoms with Crippen LogP contribution in [0.3, 0.4) is 0 Å². The molecule has 0 aliphatic carbocycles. The van der Waals surface area contributed by atoms with Gasteiger partial charge >= 0.3 is 0 Å². The topological polar surface area (TPSA) is 85.9 Å². The van der Waals surface area contributed by atoms with Crippen LogP contribution in [0.15, 0.2) is 12.1 Å². The number of hydrogen-bond acceptors (Lipinski definition) is 6. The van der Waals surface area contributed by atoms with Crippen molar-refractivity contribution in [1.82, 2.24) is 10.9 Å². The molecule has 0 saturated heterocycles. The molecule has 0 unspecified atom stereocenters. The van der Waals surface area contributed by atoms with E-state index in [1.165, 1.54) is 33.5 Å². The van der Waals surface area contributed by atoms with Gasteiger partial charge in [-0.1, -0.05) is 0 Å². The van der Waals surface area contributed by atoms with Crippen molar-refractivity contribution in [3.8, 4) is 17.2 Å². The Morgan fingerprint density at radius 1 is 1.00 bits per heavy atom. The monoisotopic (exact) mass is 285 g/mol. The predicted molar refractivity (Wildman–Crippen MR) is 69.5 cm³/mol. The number of methoxy groups -OCH3 is 3. The van der Waals surface area contributed by atoms with Crippen LogP contribution in [0.25, 0.3) is 0 Å². The Bertz CT molecular complexity index is 467. The van der Waals surface area contributed by atoms with Gasteiger partial charge in [-0.25, -0.2) is 0 Å². The van der Waals surface area contributed by atoms with Crippen molar-refractivity contribution in [2.75, 3.05) is 21.3 Å². The second-order valence-electron chi connectivity index (χ2n) is 3.28. The third kappa shape index (κ3) is 3.62. The minimum absolute atomic E-state index is 0.221. The maximum absolute atomic E-state index is 11.8. The van der Waals surface area contributed by atoms with Crippen molar-refractivity contribution in [2.45, 2.75) is 0 Å². The van der Waals surface area contributed by atoms with Crippen LogP contribution in [0.5, 0.6) is 17.2 Å². The SMILES string of the molecule is COc1cc(C(=O)NNC(=O)[S-])cc(OC)c1OC. The fourth-order valence-electron chi connectivity index (χ4n) is 1.39. The molecule has 0 aromatic heterocycles. The van der Waals surface area contributed by atoms with Crippen LogP contribution in [0.2, 0.25) is 0 Å². The molecule has 19 heavy (non-hydrogen) atoms. The molecule has 7 nitrogen and oxygen atoms in total. The number of carbonyl (C=O) groups excluding carboxylic acids is 2. The summed E-state index contributed by atoms with van der Waals surface area (Å²) in [6, 6.07) is 2.90. The molecule has 0 atom stereocenters. The van der Waals surface area contributed by atoms with E-state index in [1.807, 2.05) is 5.43 Å². The second kappa shape index (κ2) is 6.64. The average molecular weight is 285 g/mol. The van der Waals surface area contributed by atoms with Gasteiger partial charge < -0.3 is 31.6 Å². The number of rotatable bonds is 4. The fourth-order valence-corrected chi connectivity index (χ4v) is 1.44. The van der Waals surface area contributed by atoms with Crippen LogP contribution in [0.4, 0.5) is 4.79 Å². The van der Waals surface area contributed by atoms with Crippen LogP contribution in [-0.4, -0.2) is 32.5 Å². The molecular formula is C11H13N2O5S-. The van der Waals surface area contributed by atoms with Crippen molar-refractivity contribution < 1.29 is 23.8 Å². The van der Waals surface area contributed by atoms with Gasteiger partial charge in [-0.15, -0.1) is 0 Å². The third-order valence-corrected chi connectivity index (χ3v) is 2.31. The lowest BCUT2D eigenvalue weighted by Gasteiger charge is -2.14. The summed E-state index contributed by atoms with van der Waals surface area (Å²) < 4.78 is 15.3. The lowest BCUT2D eigenvalue weighted by Crippen LogP contribution is -2.39. The Kier molecular flexibility index (Phi) is 5.19. The average Bonchev–Trinajstić information content (AvgIpc) is 2.42. The molecule has 2 N–H and O–H groups in total. The number of amides is 2. The standard InChI is InChI=1S/C11H14N2O5S/c1-16-7-4-6(10(14)12-13-11(15)19)5-8(17-2)9(7)18-3/h4-5H,1-3H3,(H,12,14)(H2,13,15,19)/p-1. The minimum Gasteiger partial charge on any atom is -0.717 e. The van der Waals surface area contributed by atoms with Gasteiger partial charge in [0.05, 0.1) is 21.3 Å². The first kappa shape index (κ1) is 14.8. The van der Waals surface area contributed by atoms with E-state index in [0.717, 1.165) is 0 Å². The summed E-state index contributed by atoms with van der Waals surface area (Å²) in [7, 11) is 4.32. The summed E-state index contributed by atoms with van der Waals surface area (Å²) in [5.41, 5.74) is 4.38. The van der Waals surface area contributed by atoms with E-state index in [1.54, 1.807) is 0 Å². The van der Waals surface area contributed by atoms with E-state index < -0.39 is 11.1 Å². The first-order valence-electron chi connectivity index (χ1n) is 5.10. The Morgan fingerprint density at radius 2 is 1.53 bits per heavy atom. The van der Waals surface area contributed by atoms with E-state index >= 15 is 0 Å². The van der Waals surface area contributed by atoms with Crippen LogP contribution in [0, 0.1) is 0 Å². The Hall–Kier alpha value is -2.22. The zero-order chi connectivity index (χ0) is 14.4. The Morgan fingerprint density at radius 3 is 1.89 bits per heavy atom. The second-order valence-corrected chi connectivity index (χ2v) is 3.65. The van der Waals surface area contributed by atoms with Crippen molar-refractivity contribution in [3.05, 3.63) is 17.7 Å². The van der Waals surface area contributed by atoms with Gasteiger partial charge in [0.15, 0.2) is 11.5 Å². The number of ether oxygens (including phenoxy) is 3. The Labute approximate surface area is 115 Å². The van der Waals surface area contributed by atoms with Gasteiger partial charge in [0.25, 0.3) is 5.91 Å². The maximum atomic E-state index is 11.8. The van der Waals surface area contributed by atoms with Gasteiger partial charge in [0, 0.05) is 5.56 Å². The molecular weight excluding hydrogens is 272 g/mol. The zero-order valence-electron chi connectivity index (χ0n) is 10.6. The van der Waals surface area contributed by atoms with Crippen LogP contribution < -0.4 is 25.1 Å². The highest BCUT2D eigenvalue weighted by atomic mass is 32.1. The lowest BCUT2D eigenvalue weighted by atomic mass is 10.1. The number of hydrazine groups is 1. The number of hydrogen-bond donors (Lipinski definition) is 2. The first-order valence-corrected chi connectivity index (χ1v) is 5.51. The fraction of sp³-hybridized carbons (Fsp3) is 0.273. The molecule has 0 aliphatic rings. The van der Waals surface area contributed by atoms with E-state index in [-0.39, 0.29) is 5.56 Å². The van der Waals surface area contributed by atoms with Gasteiger partial charge in [-0.2, -0.15) is 0 Å². The largest absolute Gasteiger partial charge is 0.717 e. The zero-order valence-corrected chi connectivity index (χ0v) is 11.4. The van der Waals surface area contributed by atoms with Gasteiger partial charge in [0.1, 0.15) is 5.24 Å². The highest BCUT2D eigenvalue weighted by Gasteiger charge is 2.16. The molecule has 0 fully saturated rings. The molecule has 0 aliphatic heterocycles. The van der Waals surface area contributed by atoms with Gasteiger partial charge in [-0.05, 0) is 12.1 Å². The molecule has 104 valence electrons. The van der Waals surface area contributed by atoms with E-state index in [4.69, 9.17) is 14.2 Å². The van der Waals surface area contributed by atoms with Gasteiger partial charge in [-0.3, -0.25) is 15.6 Å². The van der Waals surface area contributed by atoms with Crippen molar-refractivity contribution in [2.24, 2.45) is 0 Å². The molecule has 1 rings (SSSR count). The van der Waals surface area contributed by atoms with E-state index in [9.17, 15) is 9.59 Å². The lowest BCUT2D eigenvalue weighted by molar-refractivity contribution is 0.0938. The first-order chi connectivity index (χ1) is 9.03. The quantitative estimate of drug-likeness (QED) is 0.623. The summed E-state index contributed by atoms with van der Waals surface area (Å²) >= 11 is 4.25. The van der Waals surface area contributed by atoms with Crippen molar-refractivity contribution in [3.63, 3.8) is 0 Å². The van der Waals surface area contributed by atoms with Crippen LogP contribution >= 0.6 is 0 Å². The summed E-state index contributed by atoms with van der Waals surface area (Å²) in [4.78, 5) is 22.3.